The summed E-state index contributed by atoms with van der Waals surface area (Å²) in [4.78, 5) is 0. The van der Waals surface area contributed by atoms with Crippen LogP contribution in [0, 0.1) is 0 Å². The minimum absolute atomic E-state index is 0.649. The van der Waals surface area contributed by atoms with Crippen molar-refractivity contribution in [3.8, 4) is 5.75 Å². The van der Waals surface area contributed by atoms with Gasteiger partial charge in [-0.3, -0.25) is 0 Å². The molecule has 0 aliphatic carbocycles. The number of benzene rings is 2. The average Bonchev–Trinajstić information content (AvgIpc) is 2.74. The maximum atomic E-state index is 6.08. The molecule has 1 nitrogen and oxygen atoms in total. The van der Waals surface area contributed by atoms with Crippen molar-refractivity contribution >= 4 is 0 Å². The number of hydrogen-bond donors (Lipinski definition) is 0. The lowest BCUT2D eigenvalue weighted by Gasteiger charge is -2.11. The van der Waals surface area contributed by atoms with Crippen molar-refractivity contribution in [2.45, 2.75) is 97.0 Å². The Kier molecular flexibility index (Phi) is 12.2. The Morgan fingerprint density at radius 2 is 1.11 bits per heavy atom. The van der Waals surface area contributed by atoms with Crippen molar-refractivity contribution in [2.75, 3.05) is 0 Å². The summed E-state index contributed by atoms with van der Waals surface area (Å²) in [5.74, 6) is 1.05. The SMILES string of the molecule is CCCCCCCCCCCCCCc1ccccc1OCc1ccccc1. The van der Waals surface area contributed by atoms with E-state index in [2.05, 4.69) is 55.5 Å². The van der Waals surface area contributed by atoms with Gasteiger partial charge in [0, 0.05) is 0 Å². The Labute approximate surface area is 173 Å². The van der Waals surface area contributed by atoms with Crippen LogP contribution in [0.4, 0.5) is 0 Å². The molecule has 28 heavy (non-hydrogen) atoms. The highest BCUT2D eigenvalue weighted by molar-refractivity contribution is 5.33. The molecule has 0 saturated carbocycles. The second-order valence-corrected chi connectivity index (χ2v) is 8.02. The third-order valence-electron chi connectivity index (χ3n) is 5.51. The fourth-order valence-corrected chi connectivity index (χ4v) is 3.74. The lowest BCUT2D eigenvalue weighted by atomic mass is 10.0. The van der Waals surface area contributed by atoms with Gasteiger partial charge in [-0.2, -0.15) is 0 Å². The van der Waals surface area contributed by atoms with Crippen LogP contribution in [0.25, 0.3) is 0 Å². The van der Waals surface area contributed by atoms with E-state index in [1.165, 1.54) is 88.2 Å². The quantitative estimate of drug-likeness (QED) is 0.265. The molecule has 0 aromatic heterocycles. The lowest BCUT2D eigenvalue weighted by Crippen LogP contribution is -1.98. The fraction of sp³-hybridized carbons (Fsp3) is 0.556. The molecule has 0 spiro atoms. The summed E-state index contributed by atoms with van der Waals surface area (Å²) in [7, 11) is 0. The summed E-state index contributed by atoms with van der Waals surface area (Å²) in [6.07, 6.45) is 17.9. The van der Waals surface area contributed by atoms with Gasteiger partial charge in [0.15, 0.2) is 0 Å². The van der Waals surface area contributed by atoms with Crippen LogP contribution in [-0.2, 0) is 13.0 Å². The van der Waals surface area contributed by atoms with Crippen LogP contribution < -0.4 is 4.74 Å². The van der Waals surface area contributed by atoms with Gasteiger partial charge in [-0.05, 0) is 30.0 Å². The summed E-state index contributed by atoms with van der Waals surface area (Å²) in [6, 6.07) is 19.0. The molecule has 0 fully saturated rings. The van der Waals surface area contributed by atoms with E-state index in [9.17, 15) is 0 Å². The van der Waals surface area contributed by atoms with E-state index in [-0.39, 0.29) is 0 Å². The zero-order valence-corrected chi connectivity index (χ0v) is 18.0. The summed E-state index contributed by atoms with van der Waals surface area (Å²) in [6.45, 7) is 2.94. The first kappa shape index (κ1) is 22.5. The highest BCUT2D eigenvalue weighted by Crippen LogP contribution is 2.22. The predicted molar refractivity (Wildman–Crippen MR) is 122 cm³/mol. The molecule has 0 N–H and O–H groups in total. The van der Waals surface area contributed by atoms with Gasteiger partial charge >= 0.3 is 0 Å². The monoisotopic (exact) mass is 380 g/mol. The average molecular weight is 381 g/mol. The number of para-hydroxylation sites is 1. The van der Waals surface area contributed by atoms with Gasteiger partial charge in [0.1, 0.15) is 12.4 Å². The molecule has 1 heteroatoms. The number of hydrogen-bond acceptors (Lipinski definition) is 1. The molecule has 0 heterocycles. The fourth-order valence-electron chi connectivity index (χ4n) is 3.74. The second-order valence-electron chi connectivity index (χ2n) is 8.02. The second kappa shape index (κ2) is 15.2. The van der Waals surface area contributed by atoms with Crippen LogP contribution >= 0.6 is 0 Å². The number of ether oxygens (including phenoxy) is 1. The van der Waals surface area contributed by atoms with Crippen LogP contribution in [0.1, 0.15) is 95.1 Å². The number of unbranched alkanes of at least 4 members (excludes halogenated alkanes) is 11. The first-order valence-electron chi connectivity index (χ1n) is 11.6. The zero-order chi connectivity index (χ0) is 19.7. The molecule has 0 aliphatic rings. The highest BCUT2D eigenvalue weighted by Gasteiger charge is 2.03. The molecule has 0 amide bonds. The van der Waals surface area contributed by atoms with Crippen molar-refractivity contribution in [1.29, 1.82) is 0 Å². The summed E-state index contributed by atoms with van der Waals surface area (Å²) in [5.41, 5.74) is 2.58. The van der Waals surface area contributed by atoms with E-state index in [0.717, 1.165) is 12.2 Å². The minimum Gasteiger partial charge on any atom is -0.489 e. The molecule has 2 aromatic carbocycles. The van der Waals surface area contributed by atoms with Crippen LogP contribution in [-0.4, -0.2) is 0 Å². The summed E-state index contributed by atoms with van der Waals surface area (Å²) in [5, 5.41) is 0. The van der Waals surface area contributed by atoms with Crippen molar-refractivity contribution in [3.63, 3.8) is 0 Å². The Balaban J connectivity index is 1.53. The van der Waals surface area contributed by atoms with Gasteiger partial charge in [0.2, 0.25) is 0 Å². The molecule has 0 radical (unpaired) electrons. The minimum atomic E-state index is 0.649. The maximum Gasteiger partial charge on any atom is 0.122 e. The highest BCUT2D eigenvalue weighted by atomic mass is 16.5. The molecule has 0 aliphatic heterocycles. The standard InChI is InChI=1S/C27H40O/c1-2-3-4-5-6-7-8-9-10-11-12-16-21-26-22-17-18-23-27(26)28-24-25-19-14-13-15-20-25/h13-15,17-20,22-23H,2-12,16,21,24H2,1H3. The van der Waals surface area contributed by atoms with E-state index >= 15 is 0 Å². The molecule has 0 unspecified atom stereocenters. The van der Waals surface area contributed by atoms with Crippen molar-refractivity contribution < 1.29 is 4.74 Å². The lowest BCUT2D eigenvalue weighted by molar-refractivity contribution is 0.302. The molecule has 2 rings (SSSR count). The van der Waals surface area contributed by atoms with Gasteiger partial charge in [0.25, 0.3) is 0 Å². The van der Waals surface area contributed by atoms with E-state index in [4.69, 9.17) is 4.74 Å². The molecular formula is C27H40O. The van der Waals surface area contributed by atoms with Crippen molar-refractivity contribution in [2.24, 2.45) is 0 Å². The van der Waals surface area contributed by atoms with E-state index < -0.39 is 0 Å². The van der Waals surface area contributed by atoms with Crippen LogP contribution in [0.2, 0.25) is 0 Å². The van der Waals surface area contributed by atoms with Gasteiger partial charge in [-0.25, -0.2) is 0 Å². The number of rotatable bonds is 16. The van der Waals surface area contributed by atoms with Gasteiger partial charge in [-0.15, -0.1) is 0 Å². The topological polar surface area (TPSA) is 9.23 Å². The Hall–Kier alpha value is -1.76. The van der Waals surface area contributed by atoms with Gasteiger partial charge in [-0.1, -0.05) is 126 Å². The van der Waals surface area contributed by atoms with Crippen LogP contribution in [0.3, 0.4) is 0 Å². The third-order valence-corrected chi connectivity index (χ3v) is 5.51. The summed E-state index contributed by atoms with van der Waals surface area (Å²) >= 11 is 0. The van der Waals surface area contributed by atoms with Crippen LogP contribution in [0.5, 0.6) is 5.75 Å². The van der Waals surface area contributed by atoms with Gasteiger partial charge < -0.3 is 4.74 Å². The number of aryl methyl sites for hydroxylation is 1. The normalized spacial score (nSPS) is 10.9. The molecule has 0 bridgehead atoms. The Morgan fingerprint density at radius 3 is 1.75 bits per heavy atom. The summed E-state index contributed by atoms with van der Waals surface area (Å²) < 4.78 is 6.08. The molecule has 0 atom stereocenters. The molecular weight excluding hydrogens is 340 g/mol. The van der Waals surface area contributed by atoms with Crippen molar-refractivity contribution in [1.82, 2.24) is 0 Å². The smallest absolute Gasteiger partial charge is 0.122 e. The van der Waals surface area contributed by atoms with Crippen molar-refractivity contribution in [3.05, 3.63) is 65.7 Å². The van der Waals surface area contributed by atoms with Crippen LogP contribution in [0.15, 0.2) is 54.6 Å². The Bertz CT molecular complexity index is 605. The molecule has 2 aromatic rings. The first-order valence-corrected chi connectivity index (χ1v) is 11.6. The first-order chi connectivity index (χ1) is 13.9. The predicted octanol–water partition coefficient (Wildman–Crippen LogP) is 8.51. The van der Waals surface area contributed by atoms with E-state index in [1.54, 1.807) is 0 Å². The molecule has 154 valence electrons. The third kappa shape index (κ3) is 9.97. The van der Waals surface area contributed by atoms with Gasteiger partial charge in [0.05, 0.1) is 0 Å². The largest absolute Gasteiger partial charge is 0.489 e. The Morgan fingerprint density at radius 1 is 0.571 bits per heavy atom. The van der Waals surface area contributed by atoms with E-state index in [0.29, 0.717) is 6.61 Å². The maximum absolute atomic E-state index is 6.08. The molecule has 0 saturated heterocycles. The zero-order valence-electron chi connectivity index (χ0n) is 18.0. The van der Waals surface area contributed by atoms with E-state index in [1.807, 2.05) is 6.07 Å².